The second-order valence-electron chi connectivity index (χ2n) is 6.17. The molecule has 0 radical (unpaired) electrons. The molecule has 0 bridgehead atoms. The fourth-order valence-electron chi connectivity index (χ4n) is 3.12. The predicted molar refractivity (Wildman–Crippen MR) is 106 cm³/mol. The van der Waals surface area contributed by atoms with Gasteiger partial charge in [0.1, 0.15) is 0 Å². The zero-order valence-corrected chi connectivity index (χ0v) is 14.5. The smallest absolute Gasteiger partial charge is 0.258 e. The van der Waals surface area contributed by atoms with Crippen LogP contribution in [0.5, 0.6) is 0 Å². The van der Waals surface area contributed by atoms with Crippen molar-refractivity contribution in [3.63, 3.8) is 0 Å². The molecule has 0 aliphatic heterocycles. The van der Waals surface area contributed by atoms with E-state index in [4.69, 9.17) is 0 Å². The lowest BCUT2D eigenvalue weighted by Gasteiger charge is -2.23. The highest BCUT2D eigenvalue weighted by Crippen LogP contribution is 2.23. The summed E-state index contributed by atoms with van der Waals surface area (Å²) in [5.41, 5.74) is 2.67. The van der Waals surface area contributed by atoms with Crippen LogP contribution < -0.4 is 10.5 Å². The number of H-pyrrole nitrogens is 1. The quantitative estimate of drug-likeness (QED) is 0.606. The number of amides is 1. The third-order valence-electron chi connectivity index (χ3n) is 4.40. The summed E-state index contributed by atoms with van der Waals surface area (Å²) in [6.45, 7) is 0.287. The maximum atomic E-state index is 13.2. The van der Waals surface area contributed by atoms with Crippen molar-refractivity contribution in [1.82, 2.24) is 9.97 Å². The molecule has 0 fully saturated rings. The molecule has 1 N–H and O–H groups in total. The molecule has 0 spiro atoms. The second kappa shape index (κ2) is 7.25. The van der Waals surface area contributed by atoms with Crippen LogP contribution in [0.25, 0.3) is 10.9 Å². The van der Waals surface area contributed by atoms with Crippen LogP contribution in [0.15, 0.2) is 90.0 Å². The Morgan fingerprint density at radius 1 is 0.926 bits per heavy atom. The second-order valence-corrected chi connectivity index (χ2v) is 6.17. The van der Waals surface area contributed by atoms with Gasteiger partial charge >= 0.3 is 0 Å². The fourth-order valence-corrected chi connectivity index (χ4v) is 3.12. The fraction of sp³-hybridized carbons (Fsp3) is 0.0455. The first-order chi connectivity index (χ1) is 13.2. The van der Waals surface area contributed by atoms with E-state index >= 15 is 0 Å². The average Bonchev–Trinajstić information content (AvgIpc) is 2.72. The van der Waals surface area contributed by atoms with E-state index in [2.05, 4.69) is 9.97 Å². The summed E-state index contributed by atoms with van der Waals surface area (Å²) in [4.78, 5) is 33.8. The van der Waals surface area contributed by atoms with E-state index in [-0.39, 0.29) is 18.0 Å². The molecule has 2 aromatic carbocycles. The number of rotatable bonds is 4. The number of hydrogen-bond donors (Lipinski definition) is 1. The Labute approximate surface area is 155 Å². The first-order valence-corrected chi connectivity index (χ1v) is 8.60. The van der Waals surface area contributed by atoms with E-state index in [1.54, 1.807) is 35.5 Å². The Bertz CT molecular complexity index is 1140. The number of hydrogen-bond acceptors (Lipinski definition) is 3. The van der Waals surface area contributed by atoms with Gasteiger partial charge in [-0.25, -0.2) is 0 Å². The van der Waals surface area contributed by atoms with E-state index in [0.29, 0.717) is 5.56 Å². The van der Waals surface area contributed by atoms with Gasteiger partial charge in [0.15, 0.2) is 0 Å². The zero-order valence-electron chi connectivity index (χ0n) is 14.5. The standard InChI is InChI=1S/C22H17N3O2/c26-21-14-17(19-8-4-5-9-20(19)24-21)15-25(18-6-2-1-3-7-18)22(27)16-10-12-23-13-11-16/h1-14H,15H2,(H,24,26). The summed E-state index contributed by atoms with van der Waals surface area (Å²) in [5, 5.41) is 0.917. The first kappa shape index (κ1) is 16.7. The molecule has 2 heterocycles. The number of anilines is 1. The third-order valence-corrected chi connectivity index (χ3v) is 4.40. The summed E-state index contributed by atoms with van der Waals surface area (Å²) in [6, 6.07) is 22.0. The van der Waals surface area contributed by atoms with Gasteiger partial charge in [0, 0.05) is 40.6 Å². The largest absolute Gasteiger partial charge is 0.322 e. The molecule has 0 aliphatic rings. The number of aromatic nitrogens is 2. The van der Waals surface area contributed by atoms with E-state index in [1.807, 2.05) is 54.6 Å². The molecule has 27 heavy (non-hydrogen) atoms. The van der Waals surface area contributed by atoms with Gasteiger partial charge < -0.3 is 9.88 Å². The molecule has 1 amide bonds. The summed E-state index contributed by atoms with van der Waals surface area (Å²) >= 11 is 0. The van der Waals surface area contributed by atoms with Crippen LogP contribution in [0.1, 0.15) is 15.9 Å². The minimum atomic E-state index is -0.187. The highest BCUT2D eigenvalue weighted by atomic mass is 16.2. The first-order valence-electron chi connectivity index (χ1n) is 8.60. The van der Waals surface area contributed by atoms with Crippen LogP contribution in [0.3, 0.4) is 0 Å². The summed E-state index contributed by atoms with van der Waals surface area (Å²) < 4.78 is 0. The number of para-hydroxylation sites is 2. The minimum Gasteiger partial charge on any atom is -0.322 e. The van der Waals surface area contributed by atoms with E-state index in [9.17, 15) is 9.59 Å². The zero-order chi connectivity index (χ0) is 18.6. The Balaban J connectivity index is 1.81. The molecule has 0 aliphatic carbocycles. The molecule has 4 aromatic rings. The highest BCUT2D eigenvalue weighted by molar-refractivity contribution is 6.06. The van der Waals surface area contributed by atoms with Crippen molar-refractivity contribution in [2.45, 2.75) is 6.54 Å². The Kier molecular flexibility index (Phi) is 4.49. The number of carbonyl (C=O) groups excluding carboxylic acids is 1. The number of aromatic amines is 1. The molecule has 2 aromatic heterocycles. The van der Waals surface area contributed by atoms with Gasteiger partial charge in [-0.2, -0.15) is 0 Å². The number of nitrogens with one attached hydrogen (secondary N) is 1. The number of carbonyl (C=O) groups is 1. The molecular weight excluding hydrogens is 338 g/mol. The summed E-state index contributed by atoms with van der Waals surface area (Å²) in [5.74, 6) is -0.145. The number of pyridine rings is 2. The van der Waals surface area contributed by atoms with Crippen LogP contribution in [0.2, 0.25) is 0 Å². The molecule has 0 unspecified atom stereocenters. The molecule has 0 atom stereocenters. The molecule has 132 valence electrons. The van der Waals surface area contributed by atoms with E-state index in [1.165, 1.54) is 0 Å². The van der Waals surface area contributed by atoms with Gasteiger partial charge in [-0.1, -0.05) is 36.4 Å². The summed E-state index contributed by atoms with van der Waals surface area (Å²) in [7, 11) is 0. The Morgan fingerprint density at radius 2 is 1.63 bits per heavy atom. The lowest BCUT2D eigenvalue weighted by atomic mass is 10.1. The molecule has 5 heteroatoms. The van der Waals surface area contributed by atoms with Crippen LogP contribution in [0, 0.1) is 0 Å². The topological polar surface area (TPSA) is 66.1 Å². The molecular formula is C22H17N3O2. The average molecular weight is 355 g/mol. The maximum absolute atomic E-state index is 13.2. The van der Waals surface area contributed by atoms with Crippen molar-refractivity contribution in [1.29, 1.82) is 0 Å². The molecule has 5 nitrogen and oxygen atoms in total. The van der Waals surface area contributed by atoms with E-state index < -0.39 is 0 Å². The SMILES string of the molecule is O=C(c1ccncc1)N(Cc1cc(=O)[nH]c2ccccc12)c1ccccc1. The lowest BCUT2D eigenvalue weighted by molar-refractivity contribution is 0.0985. The van der Waals surface area contributed by atoms with Gasteiger partial charge in [-0.05, 0) is 35.9 Å². The molecule has 4 rings (SSSR count). The monoisotopic (exact) mass is 355 g/mol. The van der Waals surface area contributed by atoms with Gasteiger partial charge in [0.2, 0.25) is 5.56 Å². The van der Waals surface area contributed by atoms with Crippen molar-refractivity contribution in [2.24, 2.45) is 0 Å². The summed E-state index contributed by atoms with van der Waals surface area (Å²) in [6.07, 6.45) is 3.19. The van der Waals surface area contributed by atoms with Crippen molar-refractivity contribution >= 4 is 22.5 Å². The van der Waals surface area contributed by atoms with Gasteiger partial charge in [-0.15, -0.1) is 0 Å². The maximum Gasteiger partial charge on any atom is 0.258 e. The molecule has 0 saturated heterocycles. The van der Waals surface area contributed by atoms with Crippen molar-refractivity contribution in [3.8, 4) is 0 Å². The van der Waals surface area contributed by atoms with E-state index in [0.717, 1.165) is 22.2 Å². The lowest BCUT2D eigenvalue weighted by Crippen LogP contribution is -2.31. The predicted octanol–water partition coefficient (Wildman–Crippen LogP) is 3.77. The van der Waals surface area contributed by atoms with Gasteiger partial charge in [-0.3, -0.25) is 14.6 Å². The number of benzene rings is 2. The molecule has 0 saturated carbocycles. The van der Waals surface area contributed by atoms with Crippen LogP contribution >= 0.6 is 0 Å². The van der Waals surface area contributed by atoms with Gasteiger partial charge in [0.05, 0.1) is 6.54 Å². The van der Waals surface area contributed by atoms with Crippen molar-refractivity contribution < 1.29 is 4.79 Å². The van der Waals surface area contributed by atoms with Crippen LogP contribution in [-0.2, 0) is 6.54 Å². The third kappa shape index (κ3) is 3.48. The number of nitrogens with zero attached hydrogens (tertiary/aromatic N) is 2. The number of fused-ring (bicyclic) bond motifs is 1. The van der Waals surface area contributed by atoms with Crippen molar-refractivity contribution in [3.05, 3.63) is 107 Å². The van der Waals surface area contributed by atoms with Crippen molar-refractivity contribution in [2.75, 3.05) is 4.90 Å². The van der Waals surface area contributed by atoms with Crippen LogP contribution in [0.4, 0.5) is 5.69 Å². The normalized spacial score (nSPS) is 10.7. The Hall–Kier alpha value is -3.73. The van der Waals surface area contributed by atoms with Crippen LogP contribution in [-0.4, -0.2) is 15.9 Å². The minimum absolute atomic E-state index is 0.145. The highest BCUT2D eigenvalue weighted by Gasteiger charge is 2.19. The Morgan fingerprint density at radius 3 is 2.41 bits per heavy atom. The van der Waals surface area contributed by atoms with Gasteiger partial charge in [0.25, 0.3) is 5.91 Å².